The van der Waals surface area contributed by atoms with Gasteiger partial charge in [-0.25, -0.2) is 4.98 Å². The van der Waals surface area contributed by atoms with Crippen LogP contribution < -0.4 is 0 Å². The summed E-state index contributed by atoms with van der Waals surface area (Å²) in [5.74, 6) is -0.260. The van der Waals surface area contributed by atoms with Gasteiger partial charge in [0.25, 0.3) is 0 Å². The van der Waals surface area contributed by atoms with Crippen LogP contribution in [0.25, 0.3) is 0 Å². The highest BCUT2D eigenvalue weighted by Gasteiger charge is 2.15. The predicted octanol–water partition coefficient (Wildman–Crippen LogP) is 2.11. The van der Waals surface area contributed by atoms with Gasteiger partial charge in [0.1, 0.15) is 11.3 Å². The van der Waals surface area contributed by atoms with Gasteiger partial charge >= 0.3 is 5.97 Å². The minimum absolute atomic E-state index is 0.239. The lowest BCUT2D eigenvalue weighted by Gasteiger charge is -2.19. The summed E-state index contributed by atoms with van der Waals surface area (Å²) in [5, 5.41) is 0. The van der Waals surface area contributed by atoms with Gasteiger partial charge in [0.05, 0.1) is 51.8 Å². The van der Waals surface area contributed by atoms with Gasteiger partial charge in [0.15, 0.2) is 6.29 Å². The summed E-state index contributed by atoms with van der Waals surface area (Å²) >= 11 is 0. The Morgan fingerprint density at radius 1 is 1.03 bits per heavy atom. The zero-order valence-corrected chi connectivity index (χ0v) is 18.0. The summed E-state index contributed by atoms with van der Waals surface area (Å²) in [6.45, 7) is 9.70. The standard InChI is InChI=1S/C21H34N2O6/c1-21(2,3)29-20(25)8-10-26-12-14-28-15-13-27-11-9-23(4)16-18-6-5-7-19(17-24)22-18/h5-7,17H,8-16H2,1-4H3. The third-order valence-corrected chi connectivity index (χ3v) is 3.61. The maximum atomic E-state index is 11.5. The lowest BCUT2D eigenvalue weighted by Crippen LogP contribution is -2.24. The number of carbonyl (C=O) groups is 2. The molecular weight excluding hydrogens is 376 g/mol. The van der Waals surface area contributed by atoms with Crippen molar-refractivity contribution in [1.82, 2.24) is 9.88 Å². The van der Waals surface area contributed by atoms with E-state index in [1.807, 2.05) is 40.0 Å². The lowest BCUT2D eigenvalue weighted by atomic mass is 10.2. The molecule has 0 saturated heterocycles. The van der Waals surface area contributed by atoms with E-state index in [0.29, 0.717) is 51.9 Å². The summed E-state index contributed by atoms with van der Waals surface area (Å²) < 4.78 is 21.5. The molecular formula is C21H34N2O6. The molecule has 0 spiro atoms. The average molecular weight is 411 g/mol. The Balaban J connectivity index is 1.93. The van der Waals surface area contributed by atoms with Crippen molar-refractivity contribution in [2.24, 2.45) is 0 Å². The van der Waals surface area contributed by atoms with Crippen LogP contribution in [0.5, 0.6) is 0 Å². The number of aldehydes is 1. The van der Waals surface area contributed by atoms with E-state index >= 15 is 0 Å². The quantitative estimate of drug-likeness (QED) is 0.247. The number of likely N-dealkylation sites (N-methyl/N-ethyl adjacent to an activating group) is 1. The predicted molar refractivity (Wildman–Crippen MR) is 109 cm³/mol. The van der Waals surface area contributed by atoms with Crippen molar-refractivity contribution in [1.29, 1.82) is 0 Å². The molecule has 0 radical (unpaired) electrons. The van der Waals surface area contributed by atoms with E-state index in [-0.39, 0.29) is 12.4 Å². The maximum Gasteiger partial charge on any atom is 0.308 e. The van der Waals surface area contributed by atoms with E-state index in [1.54, 1.807) is 6.07 Å². The number of pyridine rings is 1. The molecule has 8 heteroatoms. The Morgan fingerprint density at radius 2 is 1.66 bits per heavy atom. The van der Waals surface area contributed by atoms with E-state index in [1.165, 1.54) is 0 Å². The van der Waals surface area contributed by atoms with Crippen molar-refractivity contribution in [3.63, 3.8) is 0 Å². The van der Waals surface area contributed by atoms with Crippen LogP contribution >= 0.6 is 0 Å². The maximum absolute atomic E-state index is 11.5. The van der Waals surface area contributed by atoms with Crippen LogP contribution in [0.3, 0.4) is 0 Å². The van der Waals surface area contributed by atoms with Crippen LogP contribution in [0.4, 0.5) is 0 Å². The van der Waals surface area contributed by atoms with Crippen molar-refractivity contribution in [2.75, 3.05) is 53.2 Å². The number of rotatable bonds is 15. The lowest BCUT2D eigenvalue weighted by molar-refractivity contribution is -0.156. The first kappa shape index (κ1) is 25.2. The zero-order chi connectivity index (χ0) is 21.5. The molecule has 0 amide bonds. The summed E-state index contributed by atoms with van der Waals surface area (Å²) in [7, 11) is 1.98. The molecule has 0 aliphatic heterocycles. The molecule has 1 aromatic rings. The van der Waals surface area contributed by atoms with Gasteiger partial charge < -0.3 is 18.9 Å². The monoisotopic (exact) mass is 410 g/mol. The molecule has 8 nitrogen and oxygen atoms in total. The van der Waals surface area contributed by atoms with Gasteiger partial charge in [-0.1, -0.05) is 6.07 Å². The highest BCUT2D eigenvalue weighted by Crippen LogP contribution is 2.08. The molecule has 0 N–H and O–H groups in total. The van der Waals surface area contributed by atoms with Crippen LogP contribution in [0.1, 0.15) is 43.4 Å². The second-order valence-corrected chi connectivity index (χ2v) is 7.58. The minimum Gasteiger partial charge on any atom is -0.460 e. The Hall–Kier alpha value is -1.87. The second kappa shape index (κ2) is 14.2. The zero-order valence-electron chi connectivity index (χ0n) is 18.0. The van der Waals surface area contributed by atoms with Gasteiger partial charge in [-0.3, -0.25) is 14.5 Å². The molecule has 0 aliphatic carbocycles. The SMILES string of the molecule is CN(CCOCCOCCOCCC(=O)OC(C)(C)C)Cc1cccc(C=O)n1. The normalized spacial score (nSPS) is 11.6. The van der Waals surface area contributed by atoms with Gasteiger partial charge in [0.2, 0.25) is 0 Å². The smallest absolute Gasteiger partial charge is 0.308 e. The highest BCUT2D eigenvalue weighted by atomic mass is 16.6. The Kier molecular flexibility index (Phi) is 12.3. The molecule has 0 unspecified atom stereocenters. The molecule has 0 saturated carbocycles. The molecule has 1 rings (SSSR count). The van der Waals surface area contributed by atoms with Crippen LogP contribution in [0, 0.1) is 0 Å². The molecule has 29 heavy (non-hydrogen) atoms. The van der Waals surface area contributed by atoms with Crippen molar-refractivity contribution >= 4 is 12.3 Å². The van der Waals surface area contributed by atoms with E-state index < -0.39 is 5.60 Å². The molecule has 0 fully saturated rings. The van der Waals surface area contributed by atoms with E-state index in [0.717, 1.165) is 18.5 Å². The summed E-state index contributed by atoms with van der Waals surface area (Å²) in [6, 6.07) is 5.41. The number of carbonyl (C=O) groups excluding carboxylic acids is 2. The molecule has 1 aromatic heterocycles. The summed E-state index contributed by atoms with van der Waals surface area (Å²) in [4.78, 5) is 28.6. The number of hydrogen-bond donors (Lipinski definition) is 0. The minimum atomic E-state index is -0.465. The summed E-state index contributed by atoms with van der Waals surface area (Å²) in [5.41, 5.74) is 0.832. The highest BCUT2D eigenvalue weighted by molar-refractivity contribution is 5.71. The van der Waals surface area contributed by atoms with Crippen LogP contribution in [0.2, 0.25) is 0 Å². The fraction of sp³-hybridized carbons (Fsp3) is 0.667. The number of ether oxygens (including phenoxy) is 4. The Morgan fingerprint density at radius 3 is 2.28 bits per heavy atom. The second-order valence-electron chi connectivity index (χ2n) is 7.58. The van der Waals surface area contributed by atoms with Crippen molar-refractivity contribution < 1.29 is 28.5 Å². The molecule has 0 aliphatic rings. The Bertz CT molecular complexity index is 603. The number of esters is 1. The summed E-state index contributed by atoms with van der Waals surface area (Å²) in [6.07, 6.45) is 0.988. The van der Waals surface area contributed by atoms with Gasteiger partial charge in [0, 0.05) is 13.1 Å². The van der Waals surface area contributed by atoms with Gasteiger partial charge in [-0.05, 0) is 40.0 Å². The third-order valence-electron chi connectivity index (χ3n) is 3.61. The first-order valence-electron chi connectivity index (χ1n) is 9.85. The fourth-order valence-corrected chi connectivity index (χ4v) is 2.32. The molecule has 0 aromatic carbocycles. The van der Waals surface area contributed by atoms with Crippen LogP contribution in [-0.4, -0.2) is 81.0 Å². The van der Waals surface area contributed by atoms with E-state index in [9.17, 15) is 9.59 Å². The molecule has 164 valence electrons. The number of aromatic nitrogens is 1. The molecule has 0 atom stereocenters. The van der Waals surface area contributed by atoms with E-state index in [2.05, 4.69) is 9.88 Å². The topological polar surface area (TPSA) is 87.2 Å². The van der Waals surface area contributed by atoms with Crippen LogP contribution in [-0.2, 0) is 30.3 Å². The first-order chi connectivity index (χ1) is 13.8. The molecule has 1 heterocycles. The number of hydrogen-bond acceptors (Lipinski definition) is 8. The molecule has 0 bridgehead atoms. The number of nitrogens with zero attached hydrogens (tertiary/aromatic N) is 2. The first-order valence-corrected chi connectivity index (χ1v) is 9.85. The largest absolute Gasteiger partial charge is 0.460 e. The van der Waals surface area contributed by atoms with Crippen LogP contribution in [0.15, 0.2) is 18.2 Å². The third kappa shape index (κ3) is 13.9. The average Bonchev–Trinajstić information content (AvgIpc) is 2.64. The van der Waals surface area contributed by atoms with Gasteiger partial charge in [-0.2, -0.15) is 0 Å². The van der Waals surface area contributed by atoms with E-state index in [4.69, 9.17) is 18.9 Å². The van der Waals surface area contributed by atoms with Gasteiger partial charge in [-0.15, -0.1) is 0 Å². The Labute approximate surface area is 173 Å². The van der Waals surface area contributed by atoms with Crippen molar-refractivity contribution in [2.45, 2.75) is 39.3 Å². The van der Waals surface area contributed by atoms with Crippen molar-refractivity contribution in [3.05, 3.63) is 29.6 Å². The fourth-order valence-electron chi connectivity index (χ4n) is 2.32. The van der Waals surface area contributed by atoms with Crippen molar-refractivity contribution in [3.8, 4) is 0 Å².